The van der Waals surface area contributed by atoms with E-state index in [0.717, 1.165) is 11.1 Å². The average molecular weight is 356 g/mol. The van der Waals surface area contributed by atoms with E-state index >= 15 is 0 Å². The molecule has 0 heterocycles. The van der Waals surface area contributed by atoms with E-state index in [1.165, 1.54) is 11.8 Å². The van der Waals surface area contributed by atoms with Gasteiger partial charge in [-0.1, -0.05) is 86.3 Å². The van der Waals surface area contributed by atoms with Gasteiger partial charge in [0.1, 0.15) is 0 Å². The molecule has 0 unspecified atom stereocenters. The molecule has 2 atom stereocenters. The monoisotopic (exact) mass is 356 g/mol. The molecule has 0 radical (unpaired) electrons. The summed E-state index contributed by atoms with van der Waals surface area (Å²) >= 11 is 1.32. The standard InChI is InChI=1S/C21H24O3S/c1-15(2)21(17-11-7-4-8-12-17)25-20(24)14-18(13-19(22)23)16-9-5-3-6-10-16/h3-12,15,18,21H,13-14H2,1-2H3,(H,22,23)/t18-,21-/m1/s1. The molecule has 25 heavy (non-hydrogen) atoms. The van der Waals surface area contributed by atoms with E-state index in [1.807, 2.05) is 60.7 Å². The summed E-state index contributed by atoms with van der Waals surface area (Å²) in [4.78, 5) is 23.9. The van der Waals surface area contributed by atoms with Crippen LogP contribution >= 0.6 is 11.8 Å². The third kappa shape index (κ3) is 6.05. The quantitative estimate of drug-likeness (QED) is 0.698. The van der Waals surface area contributed by atoms with Crippen molar-refractivity contribution in [2.45, 2.75) is 37.9 Å². The third-order valence-electron chi connectivity index (χ3n) is 4.10. The van der Waals surface area contributed by atoms with Gasteiger partial charge >= 0.3 is 5.97 Å². The van der Waals surface area contributed by atoms with Gasteiger partial charge < -0.3 is 5.11 Å². The molecule has 2 aromatic rings. The van der Waals surface area contributed by atoms with Crippen LogP contribution in [0.2, 0.25) is 0 Å². The number of carbonyl (C=O) groups excluding carboxylic acids is 1. The van der Waals surface area contributed by atoms with Crippen LogP contribution in [0.1, 0.15) is 49.0 Å². The van der Waals surface area contributed by atoms with Crippen molar-refractivity contribution in [2.75, 3.05) is 0 Å². The number of thioether (sulfide) groups is 1. The maximum absolute atomic E-state index is 12.7. The molecular weight excluding hydrogens is 332 g/mol. The Hall–Kier alpha value is -2.07. The van der Waals surface area contributed by atoms with E-state index in [-0.39, 0.29) is 29.1 Å². The lowest BCUT2D eigenvalue weighted by molar-refractivity contribution is -0.137. The van der Waals surface area contributed by atoms with Gasteiger partial charge in [-0.05, 0) is 17.0 Å². The largest absolute Gasteiger partial charge is 0.481 e. The first kappa shape index (κ1) is 19.3. The number of hydrogen-bond acceptors (Lipinski definition) is 3. The SMILES string of the molecule is CC(C)[C@@H](SC(=O)C[C@@H](CC(=O)O)c1ccccc1)c1ccccc1. The number of rotatable bonds is 8. The van der Waals surface area contributed by atoms with Crippen molar-refractivity contribution in [1.29, 1.82) is 0 Å². The van der Waals surface area contributed by atoms with Crippen molar-refractivity contribution in [3.05, 3.63) is 71.8 Å². The first-order valence-electron chi connectivity index (χ1n) is 8.48. The molecule has 0 aliphatic heterocycles. The van der Waals surface area contributed by atoms with E-state index in [4.69, 9.17) is 0 Å². The summed E-state index contributed by atoms with van der Waals surface area (Å²) in [7, 11) is 0. The van der Waals surface area contributed by atoms with Crippen molar-refractivity contribution >= 4 is 22.8 Å². The van der Waals surface area contributed by atoms with Gasteiger partial charge in [0.25, 0.3) is 0 Å². The Balaban J connectivity index is 2.10. The van der Waals surface area contributed by atoms with Crippen LogP contribution in [0.4, 0.5) is 0 Å². The molecule has 132 valence electrons. The molecule has 0 aromatic heterocycles. The van der Waals surface area contributed by atoms with Crippen LogP contribution in [0.5, 0.6) is 0 Å². The summed E-state index contributed by atoms with van der Waals surface area (Å²) in [5.41, 5.74) is 2.03. The van der Waals surface area contributed by atoms with Crippen LogP contribution in [0.15, 0.2) is 60.7 Å². The lowest BCUT2D eigenvalue weighted by atomic mass is 9.93. The Morgan fingerprint density at radius 3 is 1.88 bits per heavy atom. The van der Waals surface area contributed by atoms with Crippen LogP contribution in [0.25, 0.3) is 0 Å². The molecule has 0 bridgehead atoms. The minimum absolute atomic E-state index is 0.0337. The Bertz CT molecular complexity index is 683. The topological polar surface area (TPSA) is 54.4 Å². The smallest absolute Gasteiger partial charge is 0.303 e. The lowest BCUT2D eigenvalue weighted by Crippen LogP contribution is -2.12. The fraction of sp³-hybridized carbons (Fsp3) is 0.333. The molecule has 2 rings (SSSR count). The highest BCUT2D eigenvalue weighted by Crippen LogP contribution is 2.38. The minimum atomic E-state index is -0.880. The second-order valence-electron chi connectivity index (χ2n) is 6.47. The third-order valence-corrected chi connectivity index (χ3v) is 5.60. The van der Waals surface area contributed by atoms with E-state index in [1.54, 1.807) is 0 Å². The van der Waals surface area contributed by atoms with Crippen molar-refractivity contribution in [2.24, 2.45) is 5.92 Å². The van der Waals surface area contributed by atoms with E-state index < -0.39 is 5.97 Å². The molecule has 2 aromatic carbocycles. The first-order valence-corrected chi connectivity index (χ1v) is 9.36. The number of carboxylic acids is 1. The minimum Gasteiger partial charge on any atom is -0.481 e. The molecule has 0 spiro atoms. The van der Waals surface area contributed by atoms with E-state index in [0.29, 0.717) is 5.92 Å². The number of benzene rings is 2. The zero-order valence-electron chi connectivity index (χ0n) is 14.6. The molecule has 0 amide bonds. The molecule has 0 aliphatic rings. The summed E-state index contributed by atoms with van der Waals surface area (Å²) in [6.45, 7) is 4.20. The van der Waals surface area contributed by atoms with Crippen LogP contribution in [-0.4, -0.2) is 16.2 Å². The highest BCUT2D eigenvalue weighted by molar-refractivity contribution is 8.13. The zero-order chi connectivity index (χ0) is 18.2. The molecule has 1 N–H and O–H groups in total. The van der Waals surface area contributed by atoms with Gasteiger partial charge in [-0.15, -0.1) is 0 Å². The van der Waals surface area contributed by atoms with Crippen molar-refractivity contribution in [1.82, 2.24) is 0 Å². The van der Waals surface area contributed by atoms with Gasteiger partial charge in [0.15, 0.2) is 5.12 Å². The van der Waals surface area contributed by atoms with Crippen LogP contribution in [0, 0.1) is 5.92 Å². The summed E-state index contributed by atoms with van der Waals surface area (Å²) in [6.07, 6.45) is 0.199. The molecule has 0 fully saturated rings. The Morgan fingerprint density at radius 1 is 0.880 bits per heavy atom. The van der Waals surface area contributed by atoms with Crippen molar-refractivity contribution in [3.8, 4) is 0 Å². The molecule has 0 saturated carbocycles. The molecule has 3 nitrogen and oxygen atoms in total. The zero-order valence-corrected chi connectivity index (χ0v) is 15.4. The summed E-state index contributed by atoms with van der Waals surface area (Å²) in [5.74, 6) is -0.858. The normalized spacial score (nSPS) is 13.4. The van der Waals surface area contributed by atoms with Gasteiger partial charge in [0.2, 0.25) is 0 Å². The van der Waals surface area contributed by atoms with Crippen molar-refractivity contribution in [3.63, 3.8) is 0 Å². The maximum atomic E-state index is 12.7. The highest BCUT2D eigenvalue weighted by atomic mass is 32.2. The Morgan fingerprint density at radius 2 is 1.40 bits per heavy atom. The molecule has 4 heteroatoms. The summed E-state index contributed by atoms with van der Waals surface area (Å²) in [6, 6.07) is 19.4. The van der Waals surface area contributed by atoms with Gasteiger partial charge in [0.05, 0.1) is 6.42 Å². The number of carbonyl (C=O) groups is 2. The number of aliphatic carboxylic acids is 1. The highest BCUT2D eigenvalue weighted by Gasteiger charge is 2.24. The van der Waals surface area contributed by atoms with Gasteiger partial charge in [-0.2, -0.15) is 0 Å². The first-order chi connectivity index (χ1) is 12.0. The predicted octanol–water partition coefficient (Wildman–Crippen LogP) is 5.29. The lowest BCUT2D eigenvalue weighted by Gasteiger charge is -2.21. The second kappa shape index (κ2) is 9.42. The van der Waals surface area contributed by atoms with Crippen LogP contribution in [-0.2, 0) is 9.59 Å². The Kier molecular flexibility index (Phi) is 7.26. The maximum Gasteiger partial charge on any atom is 0.303 e. The van der Waals surface area contributed by atoms with Crippen LogP contribution < -0.4 is 0 Å². The molecule has 0 aliphatic carbocycles. The van der Waals surface area contributed by atoms with Gasteiger partial charge in [-0.25, -0.2) is 0 Å². The van der Waals surface area contributed by atoms with E-state index in [9.17, 15) is 14.7 Å². The van der Waals surface area contributed by atoms with Crippen molar-refractivity contribution < 1.29 is 14.7 Å². The molecule has 0 saturated heterocycles. The summed E-state index contributed by atoms with van der Waals surface area (Å²) in [5, 5.41) is 9.31. The number of carboxylic acid groups (broad SMARTS) is 1. The fourth-order valence-corrected chi connectivity index (χ4v) is 4.01. The number of hydrogen-bond donors (Lipinski definition) is 1. The fourth-order valence-electron chi connectivity index (χ4n) is 2.87. The average Bonchev–Trinajstić information content (AvgIpc) is 2.60. The van der Waals surface area contributed by atoms with Gasteiger partial charge in [-0.3, -0.25) is 9.59 Å². The second-order valence-corrected chi connectivity index (χ2v) is 7.67. The Labute approximate surface area is 153 Å². The van der Waals surface area contributed by atoms with E-state index in [2.05, 4.69) is 13.8 Å². The predicted molar refractivity (Wildman–Crippen MR) is 103 cm³/mol. The van der Waals surface area contributed by atoms with Crippen LogP contribution in [0.3, 0.4) is 0 Å². The molecular formula is C21H24O3S. The summed E-state index contributed by atoms with van der Waals surface area (Å²) < 4.78 is 0. The van der Waals surface area contributed by atoms with Gasteiger partial charge in [0, 0.05) is 17.6 Å².